The Morgan fingerprint density at radius 3 is 2.92 bits per heavy atom. The highest BCUT2D eigenvalue weighted by Gasteiger charge is 2.10. The standard InChI is InChI=1S/C8H7N3O2/c9-7-4-3-6(8(10)12)13-5(4)1-2-11-7/h1-3H,(H2,9,11)(H2,10,12). The normalized spacial score (nSPS) is 10.5. The zero-order valence-corrected chi connectivity index (χ0v) is 6.65. The molecule has 0 saturated heterocycles. The Morgan fingerprint density at radius 1 is 1.54 bits per heavy atom. The van der Waals surface area contributed by atoms with Crippen LogP contribution in [0.15, 0.2) is 22.7 Å². The second-order valence-corrected chi connectivity index (χ2v) is 2.58. The number of amides is 1. The minimum absolute atomic E-state index is 0.0923. The molecule has 13 heavy (non-hydrogen) atoms. The lowest BCUT2D eigenvalue weighted by Crippen LogP contribution is -2.08. The SMILES string of the molecule is NC(=O)c1cc2c(N)nccc2o1. The number of hydrogen-bond donors (Lipinski definition) is 2. The third kappa shape index (κ3) is 1.10. The van der Waals surface area contributed by atoms with Crippen LogP contribution in [0.5, 0.6) is 0 Å². The summed E-state index contributed by atoms with van der Waals surface area (Å²) < 4.78 is 5.12. The van der Waals surface area contributed by atoms with E-state index in [4.69, 9.17) is 15.9 Å². The topological polar surface area (TPSA) is 95.1 Å². The quantitative estimate of drug-likeness (QED) is 0.663. The van der Waals surface area contributed by atoms with Gasteiger partial charge >= 0.3 is 0 Å². The molecule has 4 N–H and O–H groups in total. The van der Waals surface area contributed by atoms with Gasteiger partial charge in [-0.05, 0) is 6.07 Å². The number of carbonyl (C=O) groups excluding carboxylic acids is 1. The highest BCUT2D eigenvalue weighted by Crippen LogP contribution is 2.22. The molecule has 0 aromatic carbocycles. The first-order chi connectivity index (χ1) is 6.18. The van der Waals surface area contributed by atoms with Gasteiger partial charge in [0.2, 0.25) is 0 Å². The van der Waals surface area contributed by atoms with Crippen molar-refractivity contribution >= 4 is 22.7 Å². The summed E-state index contributed by atoms with van der Waals surface area (Å²) >= 11 is 0. The van der Waals surface area contributed by atoms with Crippen molar-refractivity contribution in [2.24, 2.45) is 5.73 Å². The van der Waals surface area contributed by atoms with E-state index in [1.807, 2.05) is 0 Å². The monoisotopic (exact) mass is 177 g/mol. The molecular formula is C8H7N3O2. The molecule has 0 atom stereocenters. The Bertz CT molecular complexity index is 475. The maximum absolute atomic E-state index is 10.7. The number of nitrogens with two attached hydrogens (primary N) is 2. The predicted octanol–water partition coefficient (Wildman–Crippen LogP) is 0.509. The molecule has 0 unspecified atom stereocenters. The van der Waals surface area contributed by atoms with Gasteiger partial charge in [0, 0.05) is 12.3 Å². The number of furan rings is 1. The van der Waals surface area contributed by atoms with Crippen molar-refractivity contribution in [3.63, 3.8) is 0 Å². The average Bonchev–Trinajstić information content (AvgIpc) is 2.49. The number of aromatic nitrogens is 1. The molecule has 0 radical (unpaired) electrons. The first-order valence-corrected chi connectivity index (χ1v) is 3.62. The molecule has 2 rings (SSSR count). The molecule has 2 aromatic rings. The Hall–Kier alpha value is -2.04. The number of rotatable bonds is 1. The zero-order chi connectivity index (χ0) is 9.42. The van der Waals surface area contributed by atoms with Crippen LogP contribution in [0.3, 0.4) is 0 Å². The number of carbonyl (C=O) groups is 1. The van der Waals surface area contributed by atoms with E-state index in [1.54, 1.807) is 6.07 Å². The minimum atomic E-state index is -0.615. The fourth-order valence-corrected chi connectivity index (χ4v) is 1.11. The van der Waals surface area contributed by atoms with Gasteiger partial charge < -0.3 is 15.9 Å². The van der Waals surface area contributed by atoms with Gasteiger partial charge in [-0.2, -0.15) is 0 Å². The van der Waals surface area contributed by atoms with Crippen LogP contribution in [0.4, 0.5) is 5.82 Å². The van der Waals surface area contributed by atoms with Crippen LogP contribution in [0, 0.1) is 0 Å². The maximum Gasteiger partial charge on any atom is 0.284 e. The van der Waals surface area contributed by atoms with Crippen molar-refractivity contribution in [3.05, 3.63) is 24.1 Å². The summed E-state index contributed by atoms with van der Waals surface area (Å²) in [5.41, 5.74) is 11.1. The van der Waals surface area contributed by atoms with E-state index in [1.165, 1.54) is 12.3 Å². The lowest BCUT2D eigenvalue weighted by atomic mass is 10.3. The Kier molecular flexibility index (Phi) is 1.45. The van der Waals surface area contributed by atoms with Crippen LogP contribution in [-0.2, 0) is 0 Å². The number of nitrogen functional groups attached to an aromatic ring is 1. The van der Waals surface area contributed by atoms with Gasteiger partial charge in [-0.3, -0.25) is 4.79 Å². The Labute approximate surface area is 73.3 Å². The molecule has 0 aliphatic rings. The fraction of sp³-hybridized carbons (Fsp3) is 0. The maximum atomic E-state index is 10.7. The summed E-state index contributed by atoms with van der Waals surface area (Å²) in [5, 5.41) is 0.608. The van der Waals surface area contributed by atoms with Crippen molar-refractivity contribution in [1.82, 2.24) is 4.98 Å². The average molecular weight is 177 g/mol. The molecule has 0 saturated carbocycles. The largest absolute Gasteiger partial charge is 0.451 e. The highest BCUT2D eigenvalue weighted by atomic mass is 16.3. The Morgan fingerprint density at radius 2 is 2.31 bits per heavy atom. The van der Waals surface area contributed by atoms with Crippen LogP contribution in [0.1, 0.15) is 10.6 Å². The van der Waals surface area contributed by atoms with E-state index in [2.05, 4.69) is 4.98 Å². The molecule has 0 spiro atoms. The number of pyridine rings is 1. The van der Waals surface area contributed by atoms with Crippen LogP contribution in [0.2, 0.25) is 0 Å². The zero-order valence-electron chi connectivity index (χ0n) is 6.65. The van der Waals surface area contributed by atoms with Crippen molar-refractivity contribution in [1.29, 1.82) is 0 Å². The van der Waals surface area contributed by atoms with E-state index in [0.29, 0.717) is 16.8 Å². The molecule has 0 aliphatic heterocycles. The van der Waals surface area contributed by atoms with Crippen LogP contribution in [-0.4, -0.2) is 10.9 Å². The van der Waals surface area contributed by atoms with Gasteiger partial charge in [0.1, 0.15) is 11.4 Å². The van der Waals surface area contributed by atoms with Crippen molar-refractivity contribution < 1.29 is 9.21 Å². The summed E-state index contributed by atoms with van der Waals surface area (Å²) in [4.78, 5) is 14.6. The summed E-state index contributed by atoms with van der Waals surface area (Å²) in [7, 11) is 0. The molecule has 2 aromatic heterocycles. The Balaban J connectivity index is 2.75. The van der Waals surface area contributed by atoms with Gasteiger partial charge in [0.05, 0.1) is 5.39 Å². The highest BCUT2D eigenvalue weighted by molar-refractivity contribution is 5.97. The van der Waals surface area contributed by atoms with Crippen molar-refractivity contribution in [3.8, 4) is 0 Å². The summed E-state index contributed by atoms with van der Waals surface area (Å²) in [6, 6.07) is 3.11. The molecule has 66 valence electrons. The molecule has 5 heteroatoms. The molecular weight excluding hydrogens is 170 g/mol. The molecule has 0 bridgehead atoms. The number of primary amides is 1. The van der Waals surface area contributed by atoms with Gasteiger partial charge in [0.25, 0.3) is 5.91 Å². The van der Waals surface area contributed by atoms with Gasteiger partial charge in [-0.15, -0.1) is 0 Å². The molecule has 0 aliphatic carbocycles. The first-order valence-electron chi connectivity index (χ1n) is 3.62. The third-order valence-electron chi connectivity index (χ3n) is 1.72. The fourth-order valence-electron chi connectivity index (χ4n) is 1.11. The van der Waals surface area contributed by atoms with Crippen molar-refractivity contribution in [2.45, 2.75) is 0 Å². The second-order valence-electron chi connectivity index (χ2n) is 2.58. The molecule has 2 heterocycles. The van der Waals surface area contributed by atoms with Crippen LogP contribution >= 0.6 is 0 Å². The first kappa shape index (κ1) is 7.60. The van der Waals surface area contributed by atoms with Gasteiger partial charge in [-0.1, -0.05) is 0 Å². The third-order valence-corrected chi connectivity index (χ3v) is 1.72. The van der Waals surface area contributed by atoms with Crippen LogP contribution in [0.25, 0.3) is 11.0 Å². The smallest absolute Gasteiger partial charge is 0.284 e. The van der Waals surface area contributed by atoms with Gasteiger partial charge in [-0.25, -0.2) is 4.98 Å². The van der Waals surface area contributed by atoms with E-state index >= 15 is 0 Å². The van der Waals surface area contributed by atoms with Gasteiger partial charge in [0.15, 0.2) is 5.76 Å². The van der Waals surface area contributed by atoms with E-state index in [9.17, 15) is 4.79 Å². The number of hydrogen-bond acceptors (Lipinski definition) is 4. The van der Waals surface area contributed by atoms with Crippen LogP contribution < -0.4 is 11.5 Å². The van der Waals surface area contributed by atoms with E-state index in [-0.39, 0.29) is 5.76 Å². The molecule has 1 amide bonds. The van der Waals surface area contributed by atoms with E-state index < -0.39 is 5.91 Å². The lowest BCUT2D eigenvalue weighted by Gasteiger charge is -1.89. The summed E-state index contributed by atoms with van der Waals surface area (Å²) in [6.45, 7) is 0. The summed E-state index contributed by atoms with van der Waals surface area (Å²) in [6.07, 6.45) is 1.51. The van der Waals surface area contributed by atoms with E-state index in [0.717, 1.165) is 0 Å². The predicted molar refractivity (Wildman–Crippen MR) is 46.9 cm³/mol. The molecule has 5 nitrogen and oxygen atoms in total. The minimum Gasteiger partial charge on any atom is -0.451 e. The second kappa shape index (κ2) is 2.48. The number of anilines is 1. The van der Waals surface area contributed by atoms with Crippen molar-refractivity contribution in [2.75, 3.05) is 5.73 Å². The lowest BCUT2D eigenvalue weighted by molar-refractivity contribution is 0.0976. The number of fused-ring (bicyclic) bond motifs is 1. The molecule has 0 fully saturated rings. The number of nitrogens with zero attached hydrogens (tertiary/aromatic N) is 1. The summed E-state index contributed by atoms with van der Waals surface area (Å²) in [5.74, 6) is -0.195.